The highest BCUT2D eigenvalue weighted by molar-refractivity contribution is 9.10. The van der Waals surface area contributed by atoms with Crippen molar-refractivity contribution in [1.82, 2.24) is 0 Å². The summed E-state index contributed by atoms with van der Waals surface area (Å²) in [5.41, 5.74) is 3.58. The van der Waals surface area contributed by atoms with Crippen LogP contribution in [0.2, 0.25) is 5.02 Å². The molecule has 1 atom stereocenters. The number of amides is 1. The van der Waals surface area contributed by atoms with Gasteiger partial charge in [0.1, 0.15) is 0 Å². The number of anilines is 1. The number of halogens is 2. The fourth-order valence-electron chi connectivity index (χ4n) is 2.96. The smallest absolute Gasteiger partial charge is 0.241 e. The average molecular weight is 407 g/mol. The number of carbonyl (C=O) groups excluding carboxylic acids is 2. The Kier molecular flexibility index (Phi) is 5.07. The van der Waals surface area contributed by atoms with E-state index in [2.05, 4.69) is 15.9 Å². The van der Waals surface area contributed by atoms with Gasteiger partial charge in [0.25, 0.3) is 0 Å². The van der Waals surface area contributed by atoms with Gasteiger partial charge in [-0.2, -0.15) is 0 Å². The Morgan fingerprint density at radius 2 is 2.00 bits per heavy atom. The SMILES string of the molecule is CC(=O)c1ccc2c(c1)CCN2C(=O)C(Br)Cc1ccccc1Cl. The molecule has 5 heteroatoms. The number of alkyl halides is 1. The molecule has 0 saturated heterocycles. The zero-order chi connectivity index (χ0) is 17.3. The van der Waals surface area contributed by atoms with E-state index in [0.717, 1.165) is 23.2 Å². The molecule has 1 aliphatic rings. The van der Waals surface area contributed by atoms with Gasteiger partial charge in [-0.25, -0.2) is 0 Å². The third kappa shape index (κ3) is 3.40. The van der Waals surface area contributed by atoms with Gasteiger partial charge in [0.15, 0.2) is 5.78 Å². The summed E-state index contributed by atoms with van der Waals surface area (Å²) in [5.74, 6) is 0.0592. The van der Waals surface area contributed by atoms with Gasteiger partial charge in [-0.05, 0) is 55.2 Å². The summed E-state index contributed by atoms with van der Waals surface area (Å²) in [6, 6.07) is 13.1. The van der Waals surface area contributed by atoms with Crippen LogP contribution in [0.3, 0.4) is 0 Å². The molecule has 3 nitrogen and oxygen atoms in total. The summed E-state index contributed by atoms with van der Waals surface area (Å²) < 4.78 is 0. The van der Waals surface area contributed by atoms with E-state index in [1.807, 2.05) is 36.4 Å². The largest absolute Gasteiger partial charge is 0.311 e. The molecular formula is C19H17BrClNO2. The lowest BCUT2D eigenvalue weighted by Gasteiger charge is -2.21. The van der Waals surface area contributed by atoms with Crippen LogP contribution in [0.15, 0.2) is 42.5 Å². The number of benzene rings is 2. The highest BCUT2D eigenvalue weighted by Crippen LogP contribution is 2.31. The zero-order valence-electron chi connectivity index (χ0n) is 13.3. The second kappa shape index (κ2) is 7.08. The molecule has 1 aliphatic heterocycles. The molecule has 0 aromatic heterocycles. The first kappa shape index (κ1) is 17.2. The van der Waals surface area contributed by atoms with Crippen molar-refractivity contribution < 1.29 is 9.59 Å². The standard InChI is InChI=1S/C19H17BrClNO2/c1-12(23)13-6-7-18-15(10-13)8-9-22(18)19(24)16(20)11-14-4-2-3-5-17(14)21/h2-7,10,16H,8-9,11H2,1H3. The topological polar surface area (TPSA) is 37.4 Å². The third-order valence-corrected chi connectivity index (χ3v) is 5.36. The maximum Gasteiger partial charge on any atom is 0.241 e. The van der Waals surface area contributed by atoms with Crippen molar-refractivity contribution >= 4 is 44.9 Å². The number of hydrogen-bond acceptors (Lipinski definition) is 2. The lowest BCUT2D eigenvalue weighted by atomic mass is 10.1. The minimum absolute atomic E-state index is 0.0178. The molecule has 0 aliphatic carbocycles. The van der Waals surface area contributed by atoms with Crippen molar-refractivity contribution in [2.75, 3.05) is 11.4 Å². The molecule has 0 spiro atoms. The van der Waals surface area contributed by atoms with E-state index in [1.54, 1.807) is 17.9 Å². The number of carbonyl (C=O) groups is 2. The summed E-state index contributed by atoms with van der Waals surface area (Å²) in [6.45, 7) is 2.19. The monoisotopic (exact) mass is 405 g/mol. The van der Waals surface area contributed by atoms with Crippen molar-refractivity contribution in [1.29, 1.82) is 0 Å². The van der Waals surface area contributed by atoms with Crippen molar-refractivity contribution in [3.05, 3.63) is 64.2 Å². The number of Topliss-reactive ketones (excluding diaryl/α,β-unsaturated/α-hetero) is 1. The highest BCUT2D eigenvalue weighted by Gasteiger charge is 2.29. The van der Waals surface area contributed by atoms with Gasteiger partial charge in [-0.3, -0.25) is 9.59 Å². The number of rotatable bonds is 4. The summed E-state index contributed by atoms with van der Waals surface area (Å²) in [5, 5.41) is 0.669. The molecule has 0 radical (unpaired) electrons. The molecule has 1 unspecified atom stereocenters. The van der Waals surface area contributed by atoms with Crippen molar-refractivity contribution in [3.8, 4) is 0 Å². The van der Waals surface area contributed by atoms with Crippen LogP contribution in [-0.2, 0) is 17.6 Å². The van der Waals surface area contributed by atoms with Gasteiger partial charge in [-0.15, -0.1) is 0 Å². The lowest BCUT2D eigenvalue weighted by molar-refractivity contribution is -0.117. The fraction of sp³-hybridized carbons (Fsp3) is 0.263. The van der Waals surface area contributed by atoms with Crippen LogP contribution >= 0.6 is 27.5 Å². The highest BCUT2D eigenvalue weighted by atomic mass is 79.9. The number of fused-ring (bicyclic) bond motifs is 1. The quantitative estimate of drug-likeness (QED) is 0.556. The predicted octanol–water partition coefficient (Wildman–Crippen LogP) is 4.44. The van der Waals surface area contributed by atoms with Crippen molar-refractivity contribution in [2.45, 2.75) is 24.6 Å². The maximum absolute atomic E-state index is 12.8. The molecule has 2 aromatic rings. The minimum atomic E-state index is -0.337. The molecule has 124 valence electrons. The first-order chi connectivity index (χ1) is 11.5. The Balaban J connectivity index is 1.78. The van der Waals surface area contributed by atoms with E-state index in [0.29, 0.717) is 23.6 Å². The zero-order valence-corrected chi connectivity index (χ0v) is 15.6. The van der Waals surface area contributed by atoms with Crippen molar-refractivity contribution in [3.63, 3.8) is 0 Å². The van der Waals surface area contributed by atoms with Crippen LogP contribution in [-0.4, -0.2) is 23.1 Å². The first-order valence-corrected chi connectivity index (χ1v) is 9.09. The average Bonchev–Trinajstić information content (AvgIpc) is 2.99. The third-order valence-electron chi connectivity index (χ3n) is 4.27. The summed E-state index contributed by atoms with van der Waals surface area (Å²) >= 11 is 9.69. The molecule has 0 bridgehead atoms. The van der Waals surface area contributed by atoms with Crippen molar-refractivity contribution in [2.24, 2.45) is 0 Å². The van der Waals surface area contributed by atoms with Crippen LogP contribution in [0.1, 0.15) is 28.4 Å². The minimum Gasteiger partial charge on any atom is -0.311 e. The van der Waals surface area contributed by atoms with Gasteiger partial charge in [-0.1, -0.05) is 45.7 Å². The van der Waals surface area contributed by atoms with E-state index in [4.69, 9.17) is 11.6 Å². The Morgan fingerprint density at radius 3 is 2.71 bits per heavy atom. The van der Waals surface area contributed by atoms with Gasteiger partial charge >= 0.3 is 0 Å². The van der Waals surface area contributed by atoms with Gasteiger partial charge < -0.3 is 4.90 Å². The molecule has 0 saturated carbocycles. The molecule has 3 rings (SSSR count). The van der Waals surface area contributed by atoms with Gasteiger partial charge in [0.05, 0.1) is 4.83 Å². The molecule has 0 fully saturated rings. The van der Waals surface area contributed by atoms with E-state index >= 15 is 0 Å². The van der Waals surface area contributed by atoms with Crippen LogP contribution in [0, 0.1) is 0 Å². The maximum atomic E-state index is 12.8. The second-order valence-corrected chi connectivity index (χ2v) is 7.42. The van der Waals surface area contributed by atoms with E-state index in [-0.39, 0.29) is 16.5 Å². The van der Waals surface area contributed by atoms with Gasteiger partial charge in [0.2, 0.25) is 5.91 Å². The number of ketones is 1. The Hall–Kier alpha value is -1.65. The first-order valence-electron chi connectivity index (χ1n) is 7.80. The summed E-state index contributed by atoms with van der Waals surface area (Å²) in [7, 11) is 0. The normalized spacial score (nSPS) is 14.4. The number of nitrogens with zero attached hydrogens (tertiary/aromatic N) is 1. The Bertz CT molecular complexity index is 806. The van der Waals surface area contributed by atoms with Crippen LogP contribution in [0.5, 0.6) is 0 Å². The number of hydrogen-bond donors (Lipinski definition) is 0. The lowest BCUT2D eigenvalue weighted by Crippen LogP contribution is -2.36. The fourth-order valence-corrected chi connectivity index (χ4v) is 3.77. The molecule has 24 heavy (non-hydrogen) atoms. The van der Waals surface area contributed by atoms with Crippen LogP contribution in [0.25, 0.3) is 0 Å². The summed E-state index contributed by atoms with van der Waals surface area (Å²) in [4.78, 5) is 25.8. The molecule has 1 amide bonds. The molecule has 2 aromatic carbocycles. The predicted molar refractivity (Wildman–Crippen MR) is 100 cm³/mol. The van der Waals surface area contributed by atoms with Crippen LogP contribution in [0.4, 0.5) is 5.69 Å². The Morgan fingerprint density at radius 1 is 1.25 bits per heavy atom. The van der Waals surface area contributed by atoms with E-state index in [1.165, 1.54) is 0 Å². The second-order valence-electron chi connectivity index (χ2n) is 5.90. The van der Waals surface area contributed by atoms with Gasteiger partial charge in [0, 0.05) is 22.8 Å². The molecule has 1 heterocycles. The van der Waals surface area contributed by atoms with E-state index < -0.39 is 0 Å². The summed E-state index contributed by atoms with van der Waals surface area (Å²) in [6.07, 6.45) is 1.31. The molecule has 0 N–H and O–H groups in total. The molecular weight excluding hydrogens is 390 g/mol. The van der Waals surface area contributed by atoms with Crippen LogP contribution < -0.4 is 4.90 Å². The Labute approximate surface area is 154 Å². The van der Waals surface area contributed by atoms with E-state index in [9.17, 15) is 9.59 Å².